The van der Waals surface area contributed by atoms with E-state index in [1.165, 1.54) is 32.1 Å². The van der Waals surface area contributed by atoms with Crippen molar-refractivity contribution in [1.82, 2.24) is 5.32 Å². The summed E-state index contributed by atoms with van der Waals surface area (Å²) in [5.74, 6) is 0.0403. The van der Waals surface area contributed by atoms with Crippen LogP contribution in [0.1, 0.15) is 52.4 Å². The summed E-state index contributed by atoms with van der Waals surface area (Å²) in [7, 11) is 1.67. The molecule has 0 aliphatic heterocycles. The molecule has 0 fully saturated rings. The van der Waals surface area contributed by atoms with E-state index in [4.69, 9.17) is 0 Å². The summed E-state index contributed by atoms with van der Waals surface area (Å²) in [5, 5.41) is 2.62. The van der Waals surface area contributed by atoms with Gasteiger partial charge in [0.05, 0.1) is 0 Å². The molecule has 0 atom stereocenters. The molecule has 1 amide bonds. The van der Waals surface area contributed by atoms with E-state index in [2.05, 4.69) is 12.2 Å². The van der Waals surface area contributed by atoms with Crippen LogP contribution in [0.25, 0.3) is 0 Å². The molecule has 0 aliphatic carbocycles. The predicted octanol–water partition coefficient (Wildman–Crippen LogP) is 3.04. The standard InChI is InChI=1S/C12H23NO/c1-4-5-6-7-8-9-10-11(2)12(14)13-3/h10H,4-9H2,1-3H3,(H,13,14)/b11-10+. The minimum absolute atomic E-state index is 0.0403. The lowest BCUT2D eigenvalue weighted by Gasteiger charge is -1.99. The molecule has 0 saturated carbocycles. The first kappa shape index (κ1) is 13.2. The first-order valence-corrected chi connectivity index (χ1v) is 5.61. The highest BCUT2D eigenvalue weighted by molar-refractivity contribution is 5.92. The molecule has 0 saturated heterocycles. The molecule has 0 bridgehead atoms. The molecule has 82 valence electrons. The van der Waals surface area contributed by atoms with Gasteiger partial charge in [0.25, 0.3) is 0 Å². The Hall–Kier alpha value is -0.790. The molecule has 2 heteroatoms. The van der Waals surface area contributed by atoms with E-state index in [0.717, 1.165) is 12.0 Å². The highest BCUT2D eigenvalue weighted by Gasteiger charge is 1.98. The second kappa shape index (κ2) is 8.79. The second-order valence-electron chi connectivity index (χ2n) is 3.67. The summed E-state index contributed by atoms with van der Waals surface area (Å²) in [4.78, 5) is 11.1. The zero-order valence-corrected chi connectivity index (χ0v) is 9.73. The van der Waals surface area contributed by atoms with E-state index >= 15 is 0 Å². The molecule has 0 aromatic heterocycles. The van der Waals surface area contributed by atoms with Gasteiger partial charge in [-0.2, -0.15) is 0 Å². The first-order chi connectivity index (χ1) is 6.72. The van der Waals surface area contributed by atoms with Crippen molar-refractivity contribution in [2.45, 2.75) is 52.4 Å². The third-order valence-electron chi connectivity index (χ3n) is 2.34. The lowest BCUT2D eigenvalue weighted by atomic mass is 10.1. The quantitative estimate of drug-likeness (QED) is 0.493. The number of unbranched alkanes of at least 4 members (excludes halogenated alkanes) is 5. The van der Waals surface area contributed by atoms with Crippen molar-refractivity contribution in [3.8, 4) is 0 Å². The Kier molecular flexibility index (Phi) is 8.30. The first-order valence-electron chi connectivity index (χ1n) is 5.61. The third-order valence-corrected chi connectivity index (χ3v) is 2.34. The van der Waals surface area contributed by atoms with Gasteiger partial charge < -0.3 is 5.32 Å². The molecular formula is C12H23NO. The van der Waals surface area contributed by atoms with Crippen LogP contribution in [0.3, 0.4) is 0 Å². The minimum Gasteiger partial charge on any atom is -0.355 e. The van der Waals surface area contributed by atoms with Crippen molar-refractivity contribution in [1.29, 1.82) is 0 Å². The molecule has 0 unspecified atom stereocenters. The van der Waals surface area contributed by atoms with Crippen LogP contribution >= 0.6 is 0 Å². The van der Waals surface area contributed by atoms with Gasteiger partial charge in [-0.3, -0.25) is 4.79 Å². The number of nitrogens with one attached hydrogen (secondary N) is 1. The van der Waals surface area contributed by atoms with Gasteiger partial charge in [-0.05, 0) is 19.8 Å². The highest BCUT2D eigenvalue weighted by atomic mass is 16.1. The lowest BCUT2D eigenvalue weighted by Crippen LogP contribution is -2.18. The maximum absolute atomic E-state index is 11.1. The molecule has 0 aromatic rings. The summed E-state index contributed by atoms with van der Waals surface area (Å²) in [5.41, 5.74) is 0.836. The van der Waals surface area contributed by atoms with Crippen molar-refractivity contribution in [3.05, 3.63) is 11.6 Å². The normalized spacial score (nSPS) is 11.5. The van der Waals surface area contributed by atoms with E-state index in [9.17, 15) is 4.79 Å². The fourth-order valence-electron chi connectivity index (χ4n) is 1.36. The van der Waals surface area contributed by atoms with Crippen LogP contribution in [-0.4, -0.2) is 13.0 Å². The van der Waals surface area contributed by atoms with Crippen molar-refractivity contribution in [2.75, 3.05) is 7.05 Å². The van der Waals surface area contributed by atoms with Gasteiger partial charge in [0.2, 0.25) is 5.91 Å². The van der Waals surface area contributed by atoms with Gasteiger partial charge in [-0.15, -0.1) is 0 Å². The van der Waals surface area contributed by atoms with Crippen molar-refractivity contribution in [2.24, 2.45) is 0 Å². The van der Waals surface area contributed by atoms with Gasteiger partial charge in [0, 0.05) is 12.6 Å². The largest absolute Gasteiger partial charge is 0.355 e. The van der Waals surface area contributed by atoms with E-state index < -0.39 is 0 Å². The van der Waals surface area contributed by atoms with E-state index in [1.807, 2.05) is 13.0 Å². The third kappa shape index (κ3) is 6.70. The fraction of sp³-hybridized carbons (Fsp3) is 0.750. The monoisotopic (exact) mass is 197 g/mol. The molecule has 1 N–H and O–H groups in total. The average Bonchev–Trinajstić information content (AvgIpc) is 2.21. The van der Waals surface area contributed by atoms with Gasteiger partial charge in [-0.1, -0.05) is 38.7 Å². The molecule has 2 nitrogen and oxygen atoms in total. The number of amides is 1. The van der Waals surface area contributed by atoms with Crippen LogP contribution in [-0.2, 0) is 4.79 Å². The Morgan fingerprint density at radius 2 is 1.86 bits per heavy atom. The fourth-order valence-corrected chi connectivity index (χ4v) is 1.36. The van der Waals surface area contributed by atoms with Crippen LogP contribution < -0.4 is 5.32 Å². The molecule has 0 spiro atoms. The molecular weight excluding hydrogens is 174 g/mol. The van der Waals surface area contributed by atoms with Gasteiger partial charge in [0.1, 0.15) is 0 Å². The van der Waals surface area contributed by atoms with E-state index in [1.54, 1.807) is 7.05 Å². The summed E-state index contributed by atoms with van der Waals surface area (Å²) < 4.78 is 0. The van der Waals surface area contributed by atoms with Crippen LogP contribution in [0.5, 0.6) is 0 Å². The van der Waals surface area contributed by atoms with Crippen LogP contribution in [0.4, 0.5) is 0 Å². The number of allylic oxidation sites excluding steroid dienone is 1. The zero-order chi connectivity index (χ0) is 10.8. The number of likely N-dealkylation sites (N-methyl/N-ethyl adjacent to an activating group) is 1. The van der Waals surface area contributed by atoms with Crippen molar-refractivity contribution in [3.63, 3.8) is 0 Å². The number of carbonyl (C=O) groups is 1. The Labute approximate surface area is 87.8 Å². The number of hydrogen-bond acceptors (Lipinski definition) is 1. The van der Waals surface area contributed by atoms with Crippen molar-refractivity contribution >= 4 is 5.91 Å². The predicted molar refractivity (Wildman–Crippen MR) is 61.2 cm³/mol. The number of rotatable bonds is 7. The molecule has 0 aromatic carbocycles. The highest BCUT2D eigenvalue weighted by Crippen LogP contribution is 2.06. The SMILES string of the molecule is CCCCCCC/C=C(\C)C(=O)NC. The van der Waals surface area contributed by atoms with Gasteiger partial charge in [0.15, 0.2) is 0 Å². The van der Waals surface area contributed by atoms with Crippen molar-refractivity contribution < 1.29 is 4.79 Å². The van der Waals surface area contributed by atoms with Gasteiger partial charge in [-0.25, -0.2) is 0 Å². The minimum atomic E-state index is 0.0403. The van der Waals surface area contributed by atoms with Crippen LogP contribution in [0, 0.1) is 0 Å². The Balaban J connectivity index is 3.46. The molecule has 0 heterocycles. The summed E-state index contributed by atoms with van der Waals surface area (Å²) in [6.45, 7) is 4.08. The number of carbonyl (C=O) groups excluding carboxylic acids is 1. The molecule has 0 aliphatic rings. The second-order valence-corrected chi connectivity index (χ2v) is 3.67. The number of hydrogen-bond donors (Lipinski definition) is 1. The van der Waals surface area contributed by atoms with Gasteiger partial charge >= 0.3 is 0 Å². The maximum Gasteiger partial charge on any atom is 0.246 e. The summed E-state index contributed by atoms with van der Waals surface area (Å²) >= 11 is 0. The maximum atomic E-state index is 11.1. The smallest absolute Gasteiger partial charge is 0.246 e. The molecule has 0 radical (unpaired) electrons. The Bertz CT molecular complexity index is 185. The summed E-state index contributed by atoms with van der Waals surface area (Å²) in [6, 6.07) is 0. The molecule has 0 rings (SSSR count). The molecule has 14 heavy (non-hydrogen) atoms. The Morgan fingerprint density at radius 1 is 1.21 bits per heavy atom. The van der Waals surface area contributed by atoms with E-state index in [0.29, 0.717) is 0 Å². The van der Waals surface area contributed by atoms with E-state index in [-0.39, 0.29) is 5.91 Å². The zero-order valence-electron chi connectivity index (χ0n) is 9.73. The summed E-state index contributed by atoms with van der Waals surface area (Å²) in [6.07, 6.45) is 9.49. The lowest BCUT2D eigenvalue weighted by molar-refractivity contribution is -0.117. The average molecular weight is 197 g/mol. The topological polar surface area (TPSA) is 29.1 Å². The van der Waals surface area contributed by atoms with Crippen LogP contribution in [0.15, 0.2) is 11.6 Å². The van der Waals surface area contributed by atoms with Crippen LogP contribution in [0.2, 0.25) is 0 Å². The Morgan fingerprint density at radius 3 is 2.43 bits per heavy atom.